The maximum absolute atomic E-state index is 12.1. The number of carbonyl (C=O) groups excluding carboxylic acids is 1. The third-order valence-electron chi connectivity index (χ3n) is 2.74. The third kappa shape index (κ3) is 3.43. The van der Waals surface area contributed by atoms with Gasteiger partial charge in [-0.1, -0.05) is 36.4 Å². The predicted molar refractivity (Wildman–Crippen MR) is 75.4 cm³/mol. The number of nitrogens with two attached hydrogens (primary N) is 1. The molecule has 0 saturated heterocycles. The zero-order valence-electron chi connectivity index (χ0n) is 10.6. The van der Waals surface area contributed by atoms with Crippen molar-refractivity contribution in [3.8, 4) is 0 Å². The molecule has 1 amide bonds. The molecule has 0 heterocycles. The molecule has 2 aromatic carbocycles. The molecule has 0 aliphatic carbocycles. The van der Waals surface area contributed by atoms with Crippen molar-refractivity contribution in [3.05, 3.63) is 65.7 Å². The van der Waals surface area contributed by atoms with Crippen molar-refractivity contribution in [2.45, 2.75) is 11.4 Å². The van der Waals surface area contributed by atoms with Crippen molar-refractivity contribution in [3.63, 3.8) is 0 Å². The van der Waals surface area contributed by atoms with Crippen molar-refractivity contribution in [1.29, 1.82) is 0 Å². The molecule has 5 nitrogen and oxygen atoms in total. The SMILES string of the molecule is NC(=O)c1cccc(S(=O)(=O)NCc2ccccc2)c1. The Labute approximate surface area is 117 Å². The highest BCUT2D eigenvalue weighted by Gasteiger charge is 2.15. The van der Waals surface area contributed by atoms with E-state index in [4.69, 9.17) is 5.73 Å². The molecule has 0 saturated carbocycles. The first-order valence-corrected chi connectivity index (χ1v) is 7.41. The second kappa shape index (κ2) is 5.85. The quantitative estimate of drug-likeness (QED) is 0.869. The fraction of sp³-hybridized carbons (Fsp3) is 0.0714. The van der Waals surface area contributed by atoms with Crippen LogP contribution in [0, 0.1) is 0 Å². The summed E-state index contributed by atoms with van der Waals surface area (Å²) in [6.45, 7) is 0.184. The summed E-state index contributed by atoms with van der Waals surface area (Å²) in [5.74, 6) is -0.662. The third-order valence-corrected chi connectivity index (χ3v) is 4.14. The Morgan fingerprint density at radius 1 is 1.05 bits per heavy atom. The number of sulfonamides is 1. The Morgan fingerprint density at radius 2 is 1.75 bits per heavy atom. The number of amides is 1. The van der Waals surface area contributed by atoms with Gasteiger partial charge in [0.2, 0.25) is 15.9 Å². The van der Waals surface area contributed by atoms with Crippen LogP contribution in [0.4, 0.5) is 0 Å². The van der Waals surface area contributed by atoms with Crippen LogP contribution in [0.5, 0.6) is 0 Å². The van der Waals surface area contributed by atoms with Gasteiger partial charge in [-0.2, -0.15) is 0 Å². The second-order valence-corrected chi connectivity index (χ2v) is 5.97. The molecule has 2 aromatic rings. The molecule has 104 valence electrons. The first kappa shape index (κ1) is 14.2. The Bertz CT molecular complexity index is 712. The van der Waals surface area contributed by atoms with Crippen LogP contribution >= 0.6 is 0 Å². The molecule has 0 radical (unpaired) electrons. The molecule has 20 heavy (non-hydrogen) atoms. The van der Waals surface area contributed by atoms with Crippen molar-refractivity contribution < 1.29 is 13.2 Å². The molecule has 0 spiro atoms. The highest BCUT2D eigenvalue weighted by atomic mass is 32.2. The zero-order chi connectivity index (χ0) is 14.6. The number of hydrogen-bond acceptors (Lipinski definition) is 3. The van der Waals surface area contributed by atoms with Crippen LogP contribution in [0.3, 0.4) is 0 Å². The average Bonchev–Trinajstić information content (AvgIpc) is 2.46. The van der Waals surface area contributed by atoms with E-state index in [1.54, 1.807) is 0 Å². The summed E-state index contributed by atoms with van der Waals surface area (Å²) in [6, 6.07) is 14.8. The maximum atomic E-state index is 12.1. The van der Waals surface area contributed by atoms with E-state index in [0.717, 1.165) is 5.56 Å². The number of benzene rings is 2. The number of nitrogens with one attached hydrogen (secondary N) is 1. The summed E-state index contributed by atoms with van der Waals surface area (Å²) in [5.41, 5.74) is 6.15. The van der Waals surface area contributed by atoms with E-state index in [0.29, 0.717) is 0 Å². The number of carbonyl (C=O) groups is 1. The van der Waals surface area contributed by atoms with Crippen molar-refractivity contribution in [2.24, 2.45) is 5.73 Å². The van der Waals surface area contributed by atoms with Gasteiger partial charge in [-0.05, 0) is 23.8 Å². The van der Waals surface area contributed by atoms with Gasteiger partial charge in [-0.15, -0.1) is 0 Å². The molecule has 2 rings (SSSR count). The minimum absolute atomic E-state index is 0.0183. The first-order valence-electron chi connectivity index (χ1n) is 5.92. The van der Waals surface area contributed by atoms with Gasteiger partial charge in [0, 0.05) is 12.1 Å². The van der Waals surface area contributed by atoms with E-state index in [-0.39, 0.29) is 17.0 Å². The molecule has 0 atom stereocenters. The Hall–Kier alpha value is -2.18. The minimum atomic E-state index is -3.67. The Balaban J connectivity index is 2.18. The van der Waals surface area contributed by atoms with Crippen LogP contribution in [0.25, 0.3) is 0 Å². The molecule has 0 bridgehead atoms. The molecule has 0 aliphatic rings. The van der Waals surface area contributed by atoms with Crippen LogP contribution in [0.1, 0.15) is 15.9 Å². The lowest BCUT2D eigenvalue weighted by Gasteiger charge is -2.07. The summed E-state index contributed by atoms with van der Waals surface area (Å²) in [7, 11) is -3.67. The predicted octanol–water partition coefficient (Wildman–Crippen LogP) is 1.26. The largest absolute Gasteiger partial charge is 0.366 e. The average molecular weight is 290 g/mol. The van der Waals surface area contributed by atoms with Gasteiger partial charge in [0.05, 0.1) is 4.90 Å². The van der Waals surface area contributed by atoms with Crippen LogP contribution in [0.15, 0.2) is 59.5 Å². The summed E-state index contributed by atoms with van der Waals surface area (Å²) in [6.07, 6.45) is 0. The van der Waals surface area contributed by atoms with Crippen molar-refractivity contribution >= 4 is 15.9 Å². The topological polar surface area (TPSA) is 89.3 Å². The van der Waals surface area contributed by atoms with Gasteiger partial charge >= 0.3 is 0 Å². The lowest BCUT2D eigenvalue weighted by molar-refractivity contribution is 0.1000. The smallest absolute Gasteiger partial charge is 0.248 e. The summed E-state index contributed by atoms with van der Waals surface area (Å²) in [4.78, 5) is 11.1. The summed E-state index contributed by atoms with van der Waals surface area (Å²) >= 11 is 0. The van der Waals surface area contributed by atoms with Gasteiger partial charge in [0.1, 0.15) is 0 Å². The molecule has 0 aliphatic heterocycles. The van der Waals surface area contributed by atoms with Gasteiger partial charge in [-0.3, -0.25) is 4.79 Å². The Morgan fingerprint density at radius 3 is 2.40 bits per heavy atom. The van der Waals surface area contributed by atoms with Gasteiger partial charge < -0.3 is 5.73 Å². The van der Waals surface area contributed by atoms with E-state index in [1.807, 2.05) is 30.3 Å². The van der Waals surface area contributed by atoms with Gasteiger partial charge in [0.25, 0.3) is 0 Å². The minimum Gasteiger partial charge on any atom is -0.366 e. The van der Waals surface area contributed by atoms with E-state index < -0.39 is 15.9 Å². The van der Waals surface area contributed by atoms with E-state index >= 15 is 0 Å². The van der Waals surface area contributed by atoms with E-state index in [1.165, 1.54) is 24.3 Å². The molecular formula is C14H14N2O3S. The molecule has 6 heteroatoms. The zero-order valence-corrected chi connectivity index (χ0v) is 11.4. The molecular weight excluding hydrogens is 276 g/mol. The lowest BCUT2D eigenvalue weighted by Crippen LogP contribution is -2.23. The maximum Gasteiger partial charge on any atom is 0.248 e. The number of rotatable bonds is 5. The van der Waals surface area contributed by atoms with E-state index in [9.17, 15) is 13.2 Å². The normalized spacial score (nSPS) is 11.2. The fourth-order valence-corrected chi connectivity index (χ4v) is 2.74. The number of primary amides is 1. The van der Waals surface area contributed by atoms with Gasteiger partial charge in [-0.25, -0.2) is 13.1 Å². The molecule has 0 fully saturated rings. The van der Waals surface area contributed by atoms with Crippen LogP contribution in [-0.4, -0.2) is 14.3 Å². The molecule has 3 N–H and O–H groups in total. The Kier molecular flexibility index (Phi) is 4.16. The highest BCUT2D eigenvalue weighted by Crippen LogP contribution is 2.12. The fourth-order valence-electron chi connectivity index (χ4n) is 1.67. The first-order chi connectivity index (χ1) is 9.49. The van der Waals surface area contributed by atoms with Crippen molar-refractivity contribution in [1.82, 2.24) is 4.72 Å². The van der Waals surface area contributed by atoms with Crippen LogP contribution in [-0.2, 0) is 16.6 Å². The highest BCUT2D eigenvalue weighted by molar-refractivity contribution is 7.89. The van der Waals surface area contributed by atoms with Gasteiger partial charge in [0.15, 0.2) is 0 Å². The molecule has 0 unspecified atom stereocenters. The molecule has 0 aromatic heterocycles. The summed E-state index contributed by atoms with van der Waals surface area (Å²) in [5, 5.41) is 0. The monoisotopic (exact) mass is 290 g/mol. The summed E-state index contributed by atoms with van der Waals surface area (Å²) < 4.78 is 26.7. The van der Waals surface area contributed by atoms with Crippen LogP contribution in [0.2, 0.25) is 0 Å². The number of hydrogen-bond donors (Lipinski definition) is 2. The van der Waals surface area contributed by atoms with Crippen LogP contribution < -0.4 is 10.5 Å². The second-order valence-electron chi connectivity index (χ2n) is 4.20. The standard InChI is InChI=1S/C14H14N2O3S/c15-14(17)12-7-4-8-13(9-12)20(18,19)16-10-11-5-2-1-3-6-11/h1-9,16H,10H2,(H2,15,17). The van der Waals surface area contributed by atoms with E-state index in [2.05, 4.69) is 4.72 Å². The van der Waals surface area contributed by atoms with Crippen molar-refractivity contribution in [2.75, 3.05) is 0 Å². The lowest BCUT2D eigenvalue weighted by atomic mass is 10.2.